The lowest BCUT2D eigenvalue weighted by molar-refractivity contribution is -0.0456. The standard InChI is InChI=1S/C10H13N3O4/c11-7-2-4-1-5-8(15)6(3-14)17-9(5)13(4)10(16)12-7/h2,5-6,8-9,14-15H,1,3H2,(H2,11,12,16)/t5-,6+,8-,9+/m0/s1. The summed E-state index contributed by atoms with van der Waals surface area (Å²) in [5, 5.41) is 19.0. The molecule has 4 N–H and O–H groups in total. The van der Waals surface area contributed by atoms with Gasteiger partial charge >= 0.3 is 5.69 Å². The molecular weight excluding hydrogens is 226 g/mol. The van der Waals surface area contributed by atoms with Crippen LogP contribution < -0.4 is 11.4 Å². The van der Waals surface area contributed by atoms with Crippen LogP contribution in [0.1, 0.15) is 11.9 Å². The van der Waals surface area contributed by atoms with Gasteiger partial charge in [-0.15, -0.1) is 0 Å². The first kappa shape index (κ1) is 10.7. The van der Waals surface area contributed by atoms with E-state index in [1.807, 2.05) is 0 Å². The van der Waals surface area contributed by atoms with Gasteiger partial charge in [-0.3, -0.25) is 4.57 Å². The zero-order chi connectivity index (χ0) is 12.2. The second-order valence-corrected chi connectivity index (χ2v) is 4.43. The number of aliphatic hydroxyl groups is 2. The lowest BCUT2D eigenvalue weighted by atomic mass is 9.98. The van der Waals surface area contributed by atoms with Crippen LogP contribution in [0.4, 0.5) is 5.82 Å². The van der Waals surface area contributed by atoms with Crippen LogP contribution in [0.2, 0.25) is 0 Å². The molecule has 0 spiro atoms. The Kier molecular flexibility index (Phi) is 2.22. The van der Waals surface area contributed by atoms with E-state index < -0.39 is 24.1 Å². The number of nitrogens with two attached hydrogens (primary N) is 1. The first-order valence-corrected chi connectivity index (χ1v) is 5.44. The van der Waals surface area contributed by atoms with Crippen molar-refractivity contribution in [3.05, 3.63) is 22.2 Å². The maximum Gasteiger partial charge on any atom is 0.351 e. The summed E-state index contributed by atoms with van der Waals surface area (Å²) in [4.78, 5) is 15.4. The summed E-state index contributed by atoms with van der Waals surface area (Å²) < 4.78 is 6.88. The van der Waals surface area contributed by atoms with Crippen LogP contribution in [0.25, 0.3) is 0 Å². The predicted octanol–water partition coefficient (Wildman–Crippen LogP) is -1.75. The summed E-state index contributed by atoms with van der Waals surface area (Å²) in [6, 6.07) is 1.61. The highest BCUT2D eigenvalue weighted by Gasteiger charge is 2.49. The Balaban J connectivity index is 2.05. The Morgan fingerprint density at radius 3 is 3.12 bits per heavy atom. The smallest absolute Gasteiger partial charge is 0.351 e. The van der Waals surface area contributed by atoms with Gasteiger partial charge in [0, 0.05) is 17.7 Å². The third kappa shape index (κ3) is 1.40. The molecule has 17 heavy (non-hydrogen) atoms. The van der Waals surface area contributed by atoms with Gasteiger partial charge in [0.1, 0.15) is 18.1 Å². The summed E-state index contributed by atoms with van der Waals surface area (Å²) >= 11 is 0. The zero-order valence-electron chi connectivity index (χ0n) is 8.98. The van der Waals surface area contributed by atoms with Crippen molar-refractivity contribution in [2.45, 2.75) is 24.9 Å². The fourth-order valence-corrected chi connectivity index (χ4v) is 2.66. The molecule has 1 saturated heterocycles. The number of nitrogen functional groups attached to an aromatic ring is 1. The first-order valence-electron chi connectivity index (χ1n) is 5.44. The topological polar surface area (TPSA) is 111 Å². The first-order chi connectivity index (χ1) is 8.11. The van der Waals surface area contributed by atoms with E-state index in [1.54, 1.807) is 6.07 Å². The van der Waals surface area contributed by atoms with Gasteiger partial charge in [-0.25, -0.2) is 4.79 Å². The minimum absolute atomic E-state index is 0.175. The van der Waals surface area contributed by atoms with Crippen LogP contribution in [0.5, 0.6) is 0 Å². The van der Waals surface area contributed by atoms with Crippen molar-refractivity contribution in [3.63, 3.8) is 0 Å². The minimum Gasteiger partial charge on any atom is -0.394 e. The van der Waals surface area contributed by atoms with Gasteiger partial charge in [-0.05, 0) is 6.42 Å². The number of ether oxygens (including phenoxy) is 1. The number of anilines is 1. The van der Waals surface area contributed by atoms with Crippen molar-refractivity contribution in [2.75, 3.05) is 12.3 Å². The second kappa shape index (κ2) is 3.52. The summed E-state index contributed by atoms with van der Waals surface area (Å²) in [6.07, 6.45) is -1.45. The van der Waals surface area contributed by atoms with Crippen LogP contribution in [-0.2, 0) is 11.2 Å². The summed E-state index contributed by atoms with van der Waals surface area (Å²) in [5.74, 6) is -0.0436. The average Bonchev–Trinajstić information content (AvgIpc) is 2.75. The van der Waals surface area contributed by atoms with E-state index in [4.69, 9.17) is 15.6 Å². The quantitative estimate of drug-likeness (QED) is 0.536. The lowest BCUT2D eigenvalue weighted by Gasteiger charge is -2.14. The van der Waals surface area contributed by atoms with E-state index in [2.05, 4.69) is 4.98 Å². The van der Waals surface area contributed by atoms with E-state index in [0.29, 0.717) is 12.1 Å². The van der Waals surface area contributed by atoms with Gasteiger partial charge in [-0.1, -0.05) is 0 Å². The summed E-state index contributed by atoms with van der Waals surface area (Å²) in [6.45, 7) is -0.263. The largest absolute Gasteiger partial charge is 0.394 e. The normalized spacial score (nSPS) is 34.7. The van der Waals surface area contributed by atoms with Crippen LogP contribution in [-0.4, -0.2) is 38.6 Å². The van der Waals surface area contributed by atoms with Crippen LogP contribution in [0, 0.1) is 5.92 Å². The van der Waals surface area contributed by atoms with Crippen LogP contribution in [0.3, 0.4) is 0 Å². The number of aliphatic hydroxyl groups excluding tert-OH is 2. The molecule has 0 aliphatic carbocycles. The molecule has 1 aromatic heterocycles. The third-order valence-corrected chi connectivity index (χ3v) is 3.43. The number of hydrogen-bond donors (Lipinski definition) is 3. The number of aromatic nitrogens is 2. The van der Waals surface area contributed by atoms with Gasteiger partial charge < -0.3 is 20.7 Å². The molecule has 0 amide bonds. The van der Waals surface area contributed by atoms with E-state index in [-0.39, 0.29) is 18.3 Å². The molecule has 2 aliphatic rings. The summed E-state index contributed by atoms with van der Waals surface area (Å²) in [7, 11) is 0. The minimum atomic E-state index is -0.773. The van der Waals surface area contributed by atoms with E-state index in [0.717, 1.165) is 0 Å². The molecule has 0 saturated carbocycles. The van der Waals surface area contributed by atoms with Crippen molar-refractivity contribution in [2.24, 2.45) is 5.92 Å². The highest BCUT2D eigenvalue weighted by molar-refractivity contribution is 5.31. The highest BCUT2D eigenvalue weighted by Crippen LogP contribution is 2.41. The monoisotopic (exact) mass is 239 g/mol. The Labute approximate surface area is 96.5 Å². The van der Waals surface area contributed by atoms with Gasteiger partial charge in [0.25, 0.3) is 0 Å². The van der Waals surface area contributed by atoms with Crippen LogP contribution >= 0.6 is 0 Å². The lowest BCUT2D eigenvalue weighted by Crippen LogP contribution is -2.30. The van der Waals surface area contributed by atoms with Crippen LogP contribution in [0.15, 0.2) is 10.9 Å². The second-order valence-electron chi connectivity index (χ2n) is 4.43. The van der Waals surface area contributed by atoms with Crippen molar-refractivity contribution in [3.8, 4) is 0 Å². The van der Waals surface area contributed by atoms with E-state index in [9.17, 15) is 9.90 Å². The highest BCUT2D eigenvalue weighted by atomic mass is 16.5. The molecule has 2 aliphatic heterocycles. The molecule has 3 heterocycles. The Morgan fingerprint density at radius 2 is 2.41 bits per heavy atom. The molecule has 0 unspecified atom stereocenters. The van der Waals surface area contributed by atoms with Crippen molar-refractivity contribution in [1.82, 2.24) is 9.55 Å². The average molecular weight is 239 g/mol. The number of nitrogens with zero attached hydrogens (tertiary/aromatic N) is 2. The molecule has 1 fully saturated rings. The van der Waals surface area contributed by atoms with Gasteiger partial charge in [0.2, 0.25) is 0 Å². The Bertz CT molecular complexity index is 515. The van der Waals surface area contributed by atoms with E-state index >= 15 is 0 Å². The maximum atomic E-state index is 11.7. The number of rotatable bonds is 1. The molecule has 7 heteroatoms. The SMILES string of the molecule is Nc1cc2n(c(=O)n1)[C@@H]1O[C@H](CO)[C@@H](O)[C@@H]1C2. The maximum absolute atomic E-state index is 11.7. The summed E-state index contributed by atoms with van der Waals surface area (Å²) in [5.41, 5.74) is 5.74. The Hall–Kier alpha value is -1.44. The molecule has 3 rings (SSSR count). The Morgan fingerprint density at radius 1 is 1.65 bits per heavy atom. The molecule has 4 atom stereocenters. The molecule has 0 aromatic carbocycles. The number of fused-ring (bicyclic) bond motifs is 3. The van der Waals surface area contributed by atoms with Gasteiger partial charge in [-0.2, -0.15) is 4.98 Å². The van der Waals surface area contributed by atoms with Gasteiger partial charge in [0.05, 0.1) is 12.7 Å². The molecule has 92 valence electrons. The van der Waals surface area contributed by atoms with Gasteiger partial charge in [0.15, 0.2) is 0 Å². The molecule has 7 nitrogen and oxygen atoms in total. The molecule has 0 radical (unpaired) electrons. The molecule has 1 aromatic rings. The fraction of sp³-hybridized carbons (Fsp3) is 0.600. The third-order valence-electron chi connectivity index (χ3n) is 3.43. The van der Waals surface area contributed by atoms with Crippen molar-refractivity contribution >= 4 is 5.82 Å². The van der Waals surface area contributed by atoms with E-state index in [1.165, 1.54) is 4.57 Å². The zero-order valence-corrected chi connectivity index (χ0v) is 8.98. The predicted molar refractivity (Wildman–Crippen MR) is 57.1 cm³/mol. The van der Waals surface area contributed by atoms with Crippen molar-refractivity contribution in [1.29, 1.82) is 0 Å². The fourth-order valence-electron chi connectivity index (χ4n) is 2.66. The van der Waals surface area contributed by atoms with Crippen molar-refractivity contribution < 1.29 is 14.9 Å². The molecule has 0 bridgehead atoms. The number of hydrogen-bond acceptors (Lipinski definition) is 6. The molecular formula is C10H13N3O4.